The van der Waals surface area contributed by atoms with Crippen molar-refractivity contribution in [3.05, 3.63) is 0 Å². The summed E-state index contributed by atoms with van der Waals surface area (Å²) in [6, 6.07) is 0. The molecule has 0 atom stereocenters. The topological polar surface area (TPSA) is 39.7 Å². The molecule has 2 nitrogen and oxygen atoms in total. The van der Waals surface area contributed by atoms with Crippen LogP contribution in [0.2, 0.25) is 0 Å². The Hall–Kier alpha value is 0.210. The molecule has 3 heteroatoms. The predicted octanol–water partition coefficient (Wildman–Crippen LogP) is 3.64. The number of quaternary nitrogens is 1. The van der Waals surface area contributed by atoms with Gasteiger partial charge in [-0.15, -0.1) is 0 Å². The third-order valence-corrected chi connectivity index (χ3v) is 5.56. The average Bonchev–Trinajstić information content (AvgIpc) is 2.66. The number of halogens is 1. The molecule has 166 valence electrons. The monoisotopic (exact) mass is 404 g/mol. The van der Waals surface area contributed by atoms with Crippen molar-refractivity contribution in [2.24, 2.45) is 0 Å². The van der Waals surface area contributed by atoms with Crippen LogP contribution < -0.4 is 23.5 Å². The van der Waals surface area contributed by atoms with Crippen LogP contribution in [0.5, 0.6) is 0 Å². The lowest BCUT2D eigenvalue weighted by molar-refractivity contribution is -0.368. The second-order valence-corrected chi connectivity index (χ2v) is 8.32. The number of rotatable bonds is 23. The molecule has 0 aromatic rings. The lowest BCUT2D eigenvalue weighted by Gasteiger charge is -2.05. The molecule has 0 spiro atoms. The highest BCUT2D eigenvalue weighted by Crippen LogP contribution is 2.13. The minimum absolute atomic E-state index is 0. The molecule has 0 aliphatic carbocycles. The van der Waals surface area contributed by atoms with Crippen molar-refractivity contribution in [2.75, 3.05) is 19.6 Å². The molecule has 0 aliphatic rings. The maximum atomic E-state index is 3.91. The third-order valence-electron chi connectivity index (χ3n) is 5.56. The SMILES string of the molecule is CCCCCCCNCCCCCCCCCCCCCCCCC[NH3+].[Cl-]. The first-order valence-corrected chi connectivity index (χ1v) is 12.4. The van der Waals surface area contributed by atoms with Crippen molar-refractivity contribution in [2.45, 2.75) is 135 Å². The minimum atomic E-state index is 0. The van der Waals surface area contributed by atoms with Crippen LogP contribution in [0, 0.1) is 0 Å². The van der Waals surface area contributed by atoms with Crippen molar-refractivity contribution in [1.29, 1.82) is 0 Å². The van der Waals surface area contributed by atoms with E-state index in [1.165, 1.54) is 142 Å². The summed E-state index contributed by atoms with van der Waals surface area (Å²) in [6.45, 7) is 5.88. The highest BCUT2D eigenvalue weighted by Gasteiger charge is 1.95. The van der Waals surface area contributed by atoms with Gasteiger partial charge in [0.2, 0.25) is 0 Å². The van der Waals surface area contributed by atoms with Gasteiger partial charge >= 0.3 is 0 Å². The van der Waals surface area contributed by atoms with Gasteiger partial charge in [0, 0.05) is 0 Å². The highest BCUT2D eigenvalue weighted by molar-refractivity contribution is 4.52. The highest BCUT2D eigenvalue weighted by atomic mass is 35.5. The molecule has 0 saturated carbocycles. The Balaban J connectivity index is 0. The van der Waals surface area contributed by atoms with Crippen LogP contribution in [0.25, 0.3) is 0 Å². The number of unbranched alkanes of at least 4 members (excludes halogenated alkanes) is 18. The van der Waals surface area contributed by atoms with E-state index in [9.17, 15) is 0 Å². The molecule has 27 heavy (non-hydrogen) atoms. The lowest BCUT2D eigenvalue weighted by Crippen LogP contribution is -3.00. The van der Waals surface area contributed by atoms with Crippen LogP contribution in [0.15, 0.2) is 0 Å². The molecule has 0 heterocycles. The van der Waals surface area contributed by atoms with E-state index >= 15 is 0 Å². The van der Waals surface area contributed by atoms with Crippen LogP contribution in [0.1, 0.15) is 135 Å². The first-order valence-electron chi connectivity index (χ1n) is 12.4. The summed E-state index contributed by atoms with van der Waals surface area (Å²) in [7, 11) is 0. The fourth-order valence-corrected chi connectivity index (χ4v) is 3.70. The van der Waals surface area contributed by atoms with Crippen molar-refractivity contribution in [1.82, 2.24) is 5.32 Å². The Bertz CT molecular complexity index is 212. The van der Waals surface area contributed by atoms with Crippen molar-refractivity contribution >= 4 is 0 Å². The summed E-state index contributed by atoms with van der Waals surface area (Å²) in [4.78, 5) is 0. The quantitative estimate of drug-likeness (QED) is 0.251. The Kier molecular flexibility index (Phi) is 31.0. The molecular formula is C24H53ClN2. The van der Waals surface area contributed by atoms with E-state index in [-0.39, 0.29) is 12.4 Å². The van der Waals surface area contributed by atoms with Crippen LogP contribution in [0.4, 0.5) is 0 Å². The van der Waals surface area contributed by atoms with E-state index in [0.717, 1.165) is 6.54 Å². The van der Waals surface area contributed by atoms with Crippen LogP contribution in [-0.4, -0.2) is 19.6 Å². The molecule has 0 aromatic carbocycles. The van der Waals surface area contributed by atoms with Crippen molar-refractivity contribution < 1.29 is 18.1 Å². The molecule has 0 aromatic heterocycles. The molecule has 0 unspecified atom stereocenters. The van der Waals surface area contributed by atoms with Gasteiger partial charge in [0.15, 0.2) is 0 Å². The Morgan fingerprint density at radius 1 is 0.444 bits per heavy atom. The molecule has 0 fully saturated rings. The Labute approximate surface area is 178 Å². The summed E-state index contributed by atoms with van der Waals surface area (Å²) in [6.07, 6.45) is 28.6. The molecular weight excluding hydrogens is 352 g/mol. The minimum Gasteiger partial charge on any atom is -1.00 e. The molecule has 0 rings (SSSR count). The van der Waals surface area contributed by atoms with Crippen LogP contribution >= 0.6 is 0 Å². The van der Waals surface area contributed by atoms with E-state index in [4.69, 9.17) is 0 Å². The molecule has 0 bridgehead atoms. The zero-order valence-corrected chi connectivity index (χ0v) is 19.6. The summed E-state index contributed by atoms with van der Waals surface area (Å²) in [5, 5.41) is 3.61. The second-order valence-electron chi connectivity index (χ2n) is 8.32. The number of hydrogen-bond acceptors (Lipinski definition) is 1. The largest absolute Gasteiger partial charge is 1.00 e. The molecule has 0 radical (unpaired) electrons. The molecule has 0 amide bonds. The second kappa shape index (κ2) is 28.4. The van der Waals surface area contributed by atoms with Gasteiger partial charge in [0.1, 0.15) is 0 Å². The summed E-state index contributed by atoms with van der Waals surface area (Å²) in [5.74, 6) is 0. The average molecular weight is 405 g/mol. The maximum Gasteiger partial charge on any atom is 0.0739 e. The van der Waals surface area contributed by atoms with Gasteiger partial charge in [-0.05, 0) is 38.8 Å². The number of hydrogen-bond donors (Lipinski definition) is 2. The van der Waals surface area contributed by atoms with Gasteiger partial charge in [0.05, 0.1) is 6.54 Å². The first-order chi connectivity index (χ1) is 12.9. The van der Waals surface area contributed by atoms with Gasteiger partial charge in [-0.3, -0.25) is 0 Å². The van der Waals surface area contributed by atoms with E-state index in [1.807, 2.05) is 0 Å². The molecule has 0 aliphatic heterocycles. The zero-order valence-electron chi connectivity index (χ0n) is 18.8. The smallest absolute Gasteiger partial charge is 0.0739 e. The maximum absolute atomic E-state index is 3.91. The summed E-state index contributed by atoms with van der Waals surface area (Å²) >= 11 is 0. The first kappa shape index (κ1) is 29.4. The number of nitrogens with one attached hydrogen (secondary N) is 1. The molecule has 0 saturated heterocycles. The third kappa shape index (κ3) is 28.5. The van der Waals surface area contributed by atoms with Crippen LogP contribution in [-0.2, 0) is 0 Å². The standard InChI is InChI=1S/C24H52N2.ClH/c1-2-3-4-17-20-23-26-24-21-18-15-13-11-9-7-5-6-8-10-12-14-16-19-22-25;/h26H,2-25H2,1H3;1H. The van der Waals surface area contributed by atoms with E-state index in [1.54, 1.807) is 0 Å². The molecule has 4 N–H and O–H groups in total. The normalized spacial score (nSPS) is 10.9. The van der Waals surface area contributed by atoms with E-state index in [2.05, 4.69) is 18.0 Å². The van der Waals surface area contributed by atoms with Crippen LogP contribution in [0.3, 0.4) is 0 Å². The fraction of sp³-hybridized carbons (Fsp3) is 1.00. The van der Waals surface area contributed by atoms with Gasteiger partial charge in [-0.2, -0.15) is 0 Å². The summed E-state index contributed by atoms with van der Waals surface area (Å²) < 4.78 is 0. The Morgan fingerprint density at radius 2 is 0.741 bits per heavy atom. The van der Waals surface area contributed by atoms with Crippen molar-refractivity contribution in [3.63, 3.8) is 0 Å². The lowest BCUT2D eigenvalue weighted by atomic mass is 10.0. The van der Waals surface area contributed by atoms with Gasteiger partial charge in [0.25, 0.3) is 0 Å². The van der Waals surface area contributed by atoms with Gasteiger partial charge in [-0.1, -0.05) is 110 Å². The fourth-order valence-electron chi connectivity index (χ4n) is 3.70. The zero-order chi connectivity index (χ0) is 19.0. The van der Waals surface area contributed by atoms with Crippen molar-refractivity contribution in [3.8, 4) is 0 Å². The predicted molar refractivity (Wildman–Crippen MR) is 119 cm³/mol. The van der Waals surface area contributed by atoms with Gasteiger partial charge in [-0.25, -0.2) is 0 Å². The van der Waals surface area contributed by atoms with E-state index in [0.29, 0.717) is 0 Å². The summed E-state index contributed by atoms with van der Waals surface area (Å²) in [5.41, 5.74) is 3.91. The Morgan fingerprint density at radius 3 is 1.07 bits per heavy atom. The van der Waals surface area contributed by atoms with E-state index < -0.39 is 0 Å². The van der Waals surface area contributed by atoms with Gasteiger partial charge < -0.3 is 23.5 Å².